The predicted octanol–water partition coefficient (Wildman–Crippen LogP) is 5.76. The van der Waals surface area contributed by atoms with E-state index < -0.39 is 0 Å². The highest BCUT2D eigenvalue weighted by atomic mass is 32.1. The molecule has 176 valence electrons. The van der Waals surface area contributed by atoms with Crippen LogP contribution in [0.25, 0.3) is 31.8 Å². The van der Waals surface area contributed by atoms with E-state index >= 15 is 0 Å². The van der Waals surface area contributed by atoms with Gasteiger partial charge in [0.25, 0.3) is 0 Å². The van der Waals surface area contributed by atoms with E-state index in [4.69, 9.17) is 10.2 Å². The molecule has 3 heterocycles. The number of benzene rings is 2. The molecule has 1 saturated carbocycles. The number of fused-ring (bicyclic) bond motifs is 4. The number of anilines is 1. The number of para-hydroxylation sites is 1. The largest absolute Gasteiger partial charge is 0.507 e. The maximum atomic E-state index is 13.6. The number of phenolic OH excluding ortho intramolecular Hbond substituents is 1. The Bertz CT molecular complexity index is 1470. The van der Waals surface area contributed by atoms with Gasteiger partial charge in [-0.1, -0.05) is 26.0 Å². The topological polar surface area (TPSA) is 92.6 Å². The van der Waals surface area contributed by atoms with Crippen LogP contribution in [0, 0.1) is 11.3 Å². The quantitative estimate of drug-likeness (QED) is 0.391. The molecule has 0 amide bonds. The molecular formula is C27H29N3O3S. The van der Waals surface area contributed by atoms with Crippen LogP contribution in [0.15, 0.2) is 45.6 Å². The first-order valence-corrected chi connectivity index (χ1v) is 12.6. The molecule has 0 unspecified atom stereocenters. The van der Waals surface area contributed by atoms with Crippen LogP contribution in [0.3, 0.4) is 0 Å². The monoisotopic (exact) mass is 475 g/mol. The van der Waals surface area contributed by atoms with Crippen LogP contribution in [0.2, 0.25) is 0 Å². The summed E-state index contributed by atoms with van der Waals surface area (Å²) >= 11 is 1.42. The summed E-state index contributed by atoms with van der Waals surface area (Å²) in [5.41, 5.74) is 8.58. The molecule has 0 radical (unpaired) electrons. The third-order valence-electron chi connectivity index (χ3n) is 7.69. The normalized spacial score (nSPS) is 24.3. The molecule has 6 rings (SSSR count). The second-order valence-corrected chi connectivity index (χ2v) is 12.1. The fraction of sp³-hybridized carbons (Fsp3) is 0.407. The molecule has 1 saturated heterocycles. The van der Waals surface area contributed by atoms with Crippen LogP contribution in [-0.4, -0.2) is 27.1 Å². The van der Waals surface area contributed by atoms with E-state index in [-0.39, 0.29) is 28.2 Å². The van der Waals surface area contributed by atoms with Crippen LogP contribution < -0.4 is 11.2 Å². The number of hydrogen-bond acceptors (Lipinski definition) is 7. The molecule has 1 aliphatic carbocycles. The first-order valence-electron chi connectivity index (χ1n) is 11.8. The average Bonchev–Trinajstić information content (AvgIpc) is 3.27. The molecule has 1 aliphatic heterocycles. The van der Waals surface area contributed by atoms with E-state index in [0.717, 1.165) is 29.6 Å². The lowest BCUT2D eigenvalue weighted by Gasteiger charge is -2.43. The molecule has 4 aromatic rings. The minimum Gasteiger partial charge on any atom is -0.507 e. The van der Waals surface area contributed by atoms with Gasteiger partial charge in [-0.15, -0.1) is 11.3 Å². The van der Waals surface area contributed by atoms with Crippen LogP contribution >= 0.6 is 11.3 Å². The van der Waals surface area contributed by atoms with Gasteiger partial charge >= 0.3 is 0 Å². The van der Waals surface area contributed by atoms with Gasteiger partial charge in [0, 0.05) is 18.6 Å². The van der Waals surface area contributed by atoms with Crippen LogP contribution in [0.5, 0.6) is 5.75 Å². The first kappa shape index (κ1) is 21.6. The van der Waals surface area contributed by atoms with Crippen molar-refractivity contribution in [3.63, 3.8) is 0 Å². The van der Waals surface area contributed by atoms with Crippen molar-refractivity contribution in [1.29, 1.82) is 0 Å². The number of nitrogens with zero attached hydrogens (tertiary/aromatic N) is 2. The van der Waals surface area contributed by atoms with Gasteiger partial charge in [0.2, 0.25) is 11.3 Å². The summed E-state index contributed by atoms with van der Waals surface area (Å²) in [5, 5.41) is 11.8. The zero-order chi connectivity index (χ0) is 23.8. The molecule has 2 aromatic heterocycles. The van der Waals surface area contributed by atoms with Gasteiger partial charge in [0.1, 0.15) is 21.9 Å². The first-order chi connectivity index (χ1) is 16.1. The molecule has 2 atom stereocenters. The van der Waals surface area contributed by atoms with Crippen molar-refractivity contribution >= 4 is 38.4 Å². The summed E-state index contributed by atoms with van der Waals surface area (Å²) in [6.45, 7) is 8.53. The molecule has 6 nitrogen and oxygen atoms in total. The number of nitrogens with two attached hydrogens (primary N) is 1. The Morgan fingerprint density at radius 2 is 2.00 bits per heavy atom. The standard InChI is InChI=1S/C27H29N3O3S/c1-26(2)10-15-11-27(3,14-26)30(12-15)13-17-19(31)9-8-16-22(32)21(24(28)33-23(16)17)25-29-18-6-4-5-7-20(18)34-25/h4-9,15,31H,10-14,28H2,1-3H3/t15-,27-/m1/s1. The second-order valence-electron chi connectivity index (χ2n) is 11.1. The zero-order valence-electron chi connectivity index (χ0n) is 19.7. The van der Waals surface area contributed by atoms with Gasteiger partial charge in [-0.25, -0.2) is 4.98 Å². The Labute approximate surface area is 202 Å². The predicted molar refractivity (Wildman–Crippen MR) is 137 cm³/mol. The molecule has 2 fully saturated rings. The van der Waals surface area contributed by atoms with Gasteiger partial charge in [-0.3, -0.25) is 9.69 Å². The van der Waals surface area contributed by atoms with Gasteiger partial charge in [0.15, 0.2) is 0 Å². The molecule has 3 N–H and O–H groups in total. The maximum Gasteiger partial charge on any atom is 0.205 e. The minimum atomic E-state index is -0.216. The Kier molecular flexibility index (Phi) is 4.64. The third kappa shape index (κ3) is 3.33. The number of likely N-dealkylation sites (tertiary alicyclic amines) is 1. The SMILES string of the molecule is CC1(C)C[C@H]2CN(Cc3c(O)ccc4c(=O)c(-c5nc6ccccc6s5)c(N)oc34)[C@](C)(C2)C1. The molecule has 7 heteroatoms. The van der Waals surface area contributed by atoms with Crippen molar-refractivity contribution in [2.75, 3.05) is 12.3 Å². The van der Waals surface area contributed by atoms with Crippen molar-refractivity contribution in [1.82, 2.24) is 9.88 Å². The summed E-state index contributed by atoms with van der Waals surface area (Å²) in [6, 6.07) is 11.0. The lowest BCUT2D eigenvalue weighted by molar-refractivity contribution is 0.0779. The minimum absolute atomic E-state index is 0.0379. The maximum absolute atomic E-state index is 13.6. The number of thiazole rings is 1. The summed E-state index contributed by atoms with van der Waals surface area (Å²) < 4.78 is 7.07. The van der Waals surface area contributed by atoms with Crippen molar-refractivity contribution in [2.45, 2.75) is 52.1 Å². The Morgan fingerprint density at radius 3 is 2.79 bits per heavy atom. The van der Waals surface area contributed by atoms with E-state index in [9.17, 15) is 9.90 Å². The van der Waals surface area contributed by atoms with Gasteiger partial charge < -0.3 is 15.3 Å². The summed E-state index contributed by atoms with van der Waals surface area (Å²) in [5.74, 6) is 0.816. The van der Waals surface area contributed by atoms with E-state index in [1.165, 1.54) is 17.8 Å². The van der Waals surface area contributed by atoms with Crippen LogP contribution in [0.4, 0.5) is 5.88 Å². The molecular weight excluding hydrogens is 446 g/mol. The molecule has 2 aromatic carbocycles. The molecule has 2 bridgehead atoms. The molecule has 0 spiro atoms. The fourth-order valence-electron chi connectivity index (χ4n) is 6.65. The van der Waals surface area contributed by atoms with Gasteiger partial charge in [-0.2, -0.15) is 0 Å². The van der Waals surface area contributed by atoms with Crippen LogP contribution in [-0.2, 0) is 6.54 Å². The number of hydrogen-bond donors (Lipinski definition) is 2. The smallest absolute Gasteiger partial charge is 0.205 e. The Balaban J connectivity index is 1.45. The molecule has 34 heavy (non-hydrogen) atoms. The van der Waals surface area contributed by atoms with Crippen molar-refractivity contribution in [3.8, 4) is 16.3 Å². The number of aromatic hydroxyl groups is 1. The average molecular weight is 476 g/mol. The second kappa shape index (κ2) is 7.30. The van der Waals surface area contributed by atoms with Gasteiger partial charge in [-0.05, 0) is 61.8 Å². The van der Waals surface area contributed by atoms with E-state index in [1.54, 1.807) is 12.1 Å². The summed E-state index contributed by atoms with van der Waals surface area (Å²) in [4.78, 5) is 20.7. The zero-order valence-corrected chi connectivity index (χ0v) is 20.5. The van der Waals surface area contributed by atoms with E-state index in [2.05, 4.69) is 30.7 Å². The van der Waals surface area contributed by atoms with Crippen molar-refractivity contribution in [2.24, 2.45) is 11.3 Å². The highest BCUT2D eigenvalue weighted by Gasteiger charge is 2.50. The lowest BCUT2D eigenvalue weighted by atomic mass is 9.67. The Hall–Kier alpha value is -2.90. The third-order valence-corrected chi connectivity index (χ3v) is 8.75. The number of phenols is 1. The van der Waals surface area contributed by atoms with Crippen LogP contribution in [0.1, 0.15) is 45.6 Å². The number of nitrogen functional groups attached to an aromatic ring is 1. The number of aromatic nitrogens is 1. The Morgan fingerprint density at radius 1 is 1.21 bits per heavy atom. The lowest BCUT2D eigenvalue weighted by Crippen LogP contribution is -2.44. The van der Waals surface area contributed by atoms with Gasteiger partial charge in [0.05, 0.1) is 21.2 Å². The summed E-state index contributed by atoms with van der Waals surface area (Å²) in [7, 11) is 0. The highest BCUT2D eigenvalue weighted by Crippen LogP contribution is 2.52. The summed E-state index contributed by atoms with van der Waals surface area (Å²) in [6.07, 6.45) is 3.49. The highest BCUT2D eigenvalue weighted by molar-refractivity contribution is 7.21. The number of rotatable bonds is 3. The van der Waals surface area contributed by atoms with Crippen molar-refractivity contribution < 1.29 is 9.52 Å². The van der Waals surface area contributed by atoms with E-state index in [1.807, 2.05) is 24.3 Å². The molecule has 2 aliphatic rings. The fourth-order valence-corrected chi connectivity index (χ4v) is 7.67. The van der Waals surface area contributed by atoms with Crippen molar-refractivity contribution in [3.05, 3.63) is 52.2 Å². The van der Waals surface area contributed by atoms with E-state index in [0.29, 0.717) is 39.4 Å².